The first-order chi connectivity index (χ1) is 23.1. The molecule has 21 heteroatoms. The zero-order valence-electron chi connectivity index (χ0n) is 27.0. The van der Waals surface area contributed by atoms with E-state index in [-0.39, 0.29) is 6.54 Å². The minimum absolute atomic E-state index is 0.0762. The predicted molar refractivity (Wildman–Crippen MR) is 152 cm³/mol. The summed E-state index contributed by atoms with van der Waals surface area (Å²) >= 11 is 0. The average Bonchev–Trinajstić information content (AvgIpc) is 3.40. The number of aliphatic hydroxyl groups excluding tert-OH is 7. The van der Waals surface area contributed by atoms with Gasteiger partial charge in [0.15, 0.2) is 43.3 Å². The van der Waals surface area contributed by atoms with Gasteiger partial charge in [0, 0.05) is 27.5 Å². The number of methoxy groups -OCH3 is 1. The minimum atomic E-state index is -2.09. The van der Waals surface area contributed by atoms with Crippen molar-refractivity contribution in [2.45, 2.75) is 131 Å². The Morgan fingerprint density at radius 1 is 0.796 bits per heavy atom. The summed E-state index contributed by atoms with van der Waals surface area (Å²) in [4.78, 5) is 35.8. The molecule has 0 aliphatic carbocycles. The maximum atomic E-state index is 12.2. The van der Waals surface area contributed by atoms with Crippen LogP contribution in [-0.2, 0) is 57.0 Å². The molecule has 21 nitrogen and oxygen atoms in total. The smallest absolute Gasteiger partial charge is 0.335 e. The molecule has 282 valence electrons. The lowest BCUT2D eigenvalue weighted by molar-refractivity contribution is -0.380. The highest BCUT2D eigenvalue weighted by Crippen LogP contribution is 2.35. The van der Waals surface area contributed by atoms with Gasteiger partial charge in [0.2, 0.25) is 0 Å². The first-order valence-corrected chi connectivity index (χ1v) is 15.5. The fourth-order valence-electron chi connectivity index (χ4n) is 6.22. The molecule has 4 rings (SSSR count). The summed E-state index contributed by atoms with van der Waals surface area (Å²) < 4.78 is 50.8. The van der Waals surface area contributed by atoms with Gasteiger partial charge in [0.1, 0.15) is 48.8 Å². The van der Waals surface area contributed by atoms with E-state index >= 15 is 0 Å². The van der Waals surface area contributed by atoms with E-state index in [1.165, 1.54) is 14.0 Å². The minimum Gasteiger partial charge on any atom is -0.479 e. The second-order valence-corrected chi connectivity index (χ2v) is 12.1. The van der Waals surface area contributed by atoms with Gasteiger partial charge in [0.05, 0.1) is 31.5 Å². The van der Waals surface area contributed by atoms with Crippen molar-refractivity contribution in [2.75, 3.05) is 26.9 Å². The van der Waals surface area contributed by atoms with E-state index in [2.05, 4.69) is 5.32 Å². The first-order valence-electron chi connectivity index (χ1n) is 15.5. The summed E-state index contributed by atoms with van der Waals surface area (Å²) in [6.45, 7) is 2.39. The van der Waals surface area contributed by atoms with E-state index in [0.29, 0.717) is 0 Å². The Labute approximate surface area is 279 Å². The number of ether oxygens (including phenoxy) is 9. The van der Waals surface area contributed by atoms with Crippen molar-refractivity contribution in [3.05, 3.63) is 0 Å². The molecule has 0 aromatic rings. The van der Waals surface area contributed by atoms with Crippen molar-refractivity contribution in [1.29, 1.82) is 0 Å². The number of carboxylic acids is 1. The van der Waals surface area contributed by atoms with Gasteiger partial charge in [-0.3, -0.25) is 9.59 Å². The van der Waals surface area contributed by atoms with Gasteiger partial charge in [0.25, 0.3) is 0 Å². The SMILES string of the molecule is CO[C@@H]1[C@@H](O)[C@@H](O[C@@H]2[C@@H]([C@H](C)O)NC[C@@H]2O)O[C@H](CO)[C@H]1O[C@H]1OC[C@H](OC(C)=O)[C@H](OC(C)=O)[C@H]1O[C@H]1O[C@H](C(=O)O)[C@@H](O)[C@H](O)[C@H]1O. The van der Waals surface area contributed by atoms with Gasteiger partial charge in [-0.1, -0.05) is 0 Å². The van der Waals surface area contributed by atoms with Crippen LogP contribution in [0.15, 0.2) is 0 Å². The van der Waals surface area contributed by atoms with Crippen molar-refractivity contribution in [2.24, 2.45) is 0 Å². The molecule has 0 bridgehead atoms. The third-order valence-electron chi connectivity index (χ3n) is 8.57. The number of aliphatic hydroxyl groups is 7. The number of carboxylic acid groups (broad SMARTS) is 1. The molecule has 0 unspecified atom stereocenters. The largest absolute Gasteiger partial charge is 0.479 e. The van der Waals surface area contributed by atoms with Crippen LogP contribution in [0.5, 0.6) is 0 Å². The van der Waals surface area contributed by atoms with Gasteiger partial charge < -0.3 is 88.8 Å². The number of rotatable bonds is 12. The molecular weight excluding hydrogens is 670 g/mol. The number of nitrogens with one attached hydrogen (secondary N) is 1. The van der Waals surface area contributed by atoms with E-state index in [4.69, 9.17) is 42.6 Å². The second kappa shape index (κ2) is 16.9. The molecule has 4 fully saturated rings. The van der Waals surface area contributed by atoms with Gasteiger partial charge in [-0.2, -0.15) is 0 Å². The maximum Gasteiger partial charge on any atom is 0.335 e. The maximum absolute atomic E-state index is 12.2. The number of carbonyl (C=O) groups excluding carboxylic acids is 2. The van der Waals surface area contributed by atoms with Crippen molar-refractivity contribution in [3.63, 3.8) is 0 Å². The molecule has 0 aromatic heterocycles. The molecule has 4 heterocycles. The molecular formula is C28H45NO20. The van der Waals surface area contributed by atoms with Crippen molar-refractivity contribution in [3.8, 4) is 0 Å². The van der Waals surface area contributed by atoms with E-state index in [0.717, 1.165) is 13.8 Å². The lowest BCUT2D eigenvalue weighted by atomic mass is 9.97. The van der Waals surface area contributed by atoms with Crippen molar-refractivity contribution < 1.29 is 97.9 Å². The third-order valence-corrected chi connectivity index (χ3v) is 8.57. The molecule has 0 amide bonds. The predicted octanol–water partition coefficient (Wildman–Crippen LogP) is -5.94. The number of aliphatic carboxylic acids is 1. The fourth-order valence-corrected chi connectivity index (χ4v) is 6.22. The fraction of sp³-hybridized carbons (Fsp3) is 0.893. The normalized spacial score (nSPS) is 45.0. The van der Waals surface area contributed by atoms with E-state index in [1.807, 2.05) is 0 Å². The van der Waals surface area contributed by atoms with Gasteiger partial charge in [-0.15, -0.1) is 0 Å². The molecule has 0 aromatic carbocycles. The van der Waals surface area contributed by atoms with E-state index in [1.54, 1.807) is 0 Å². The first kappa shape index (κ1) is 39.6. The van der Waals surface area contributed by atoms with Crippen LogP contribution in [0.2, 0.25) is 0 Å². The molecule has 18 atom stereocenters. The van der Waals surface area contributed by atoms with Crippen molar-refractivity contribution in [1.82, 2.24) is 5.32 Å². The number of hydrogen-bond acceptors (Lipinski definition) is 20. The topological polar surface area (TPSA) is 308 Å². The lowest BCUT2D eigenvalue weighted by Gasteiger charge is -2.48. The van der Waals surface area contributed by atoms with Gasteiger partial charge in [-0.05, 0) is 6.92 Å². The highest BCUT2D eigenvalue weighted by atomic mass is 16.8. The molecule has 0 saturated carbocycles. The Hall–Kier alpha value is -2.19. The summed E-state index contributed by atoms with van der Waals surface area (Å²) in [6, 6.07) is -0.733. The Bertz CT molecular complexity index is 1130. The summed E-state index contributed by atoms with van der Waals surface area (Å²) in [5.41, 5.74) is 0. The van der Waals surface area contributed by atoms with E-state index in [9.17, 15) is 55.2 Å². The van der Waals surface area contributed by atoms with Crippen LogP contribution in [0.3, 0.4) is 0 Å². The molecule has 4 saturated heterocycles. The highest BCUT2D eigenvalue weighted by Gasteiger charge is 2.56. The van der Waals surface area contributed by atoms with Gasteiger partial charge in [-0.25, -0.2) is 4.79 Å². The van der Waals surface area contributed by atoms with Crippen LogP contribution in [0.25, 0.3) is 0 Å². The van der Waals surface area contributed by atoms with Crippen LogP contribution < -0.4 is 5.32 Å². The molecule has 4 aliphatic rings. The van der Waals surface area contributed by atoms with Crippen LogP contribution in [0, 0.1) is 0 Å². The number of esters is 2. The molecule has 9 N–H and O–H groups in total. The van der Waals surface area contributed by atoms with Crippen LogP contribution in [-0.4, -0.2) is 196 Å². The molecule has 49 heavy (non-hydrogen) atoms. The summed E-state index contributed by atoms with van der Waals surface area (Å²) in [5, 5.41) is 85.7. The molecule has 0 spiro atoms. The average molecular weight is 716 g/mol. The van der Waals surface area contributed by atoms with Crippen LogP contribution in [0.1, 0.15) is 20.8 Å². The quantitative estimate of drug-likeness (QED) is 0.0850. The Kier molecular flexibility index (Phi) is 13.6. The summed E-state index contributed by atoms with van der Waals surface area (Å²) in [7, 11) is 1.20. The Morgan fingerprint density at radius 2 is 1.41 bits per heavy atom. The molecule has 0 radical (unpaired) electrons. The standard InChI is InChI=1S/C28H45NO20/c1-8(31)14-19(11(34)5-29-14)46-27-18(38)22(41-4)20(12(6-30)45-27)47-28-24(21(44-10(3)33)13(7-42-28)43-9(2)32)49-26-17(37)15(35)16(36)23(48-26)25(39)40/h8,11-24,26-31,34-38H,5-7H2,1-4H3,(H,39,40)/t8-,11-,12+,13-,14+,15-,16-,17+,18+,19-,20+,21-,22+,23-,24+,26+,27+,28+/m0/s1. The number of hydrogen-bond donors (Lipinski definition) is 9. The zero-order chi connectivity index (χ0) is 36.3. The zero-order valence-corrected chi connectivity index (χ0v) is 27.0. The Morgan fingerprint density at radius 3 is 1.98 bits per heavy atom. The third kappa shape index (κ3) is 8.83. The van der Waals surface area contributed by atoms with Crippen LogP contribution >= 0.6 is 0 Å². The van der Waals surface area contributed by atoms with Crippen LogP contribution in [0.4, 0.5) is 0 Å². The van der Waals surface area contributed by atoms with E-state index < -0.39 is 141 Å². The number of β-amino-alcohol motifs (C(OH)–C–C–N with tert-alkyl or cyclic N) is 1. The lowest BCUT2D eigenvalue weighted by Crippen LogP contribution is -2.66. The monoisotopic (exact) mass is 715 g/mol. The second-order valence-electron chi connectivity index (χ2n) is 12.1. The Balaban J connectivity index is 1.63. The summed E-state index contributed by atoms with van der Waals surface area (Å²) in [6.07, 6.45) is -27.2. The summed E-state index contributed by atoms with van der Waals surface area (Å²) in [5.74, 6) is -3.44. The van der Waals surface area contributed by atoms with Gasteiger partial charge >= 0.3 is 17.9 Å². The number of carbonyl (C=O) groups is 3. The van der Waals surface area contributed by atoms with Crippen molar-refractivity contribution >= 4 is 17.9 Å². The highest BCUT2D eigenvalue weighted by molar-refractivity contribution is 5.73. The molecule has 4 aliphatic heterocycles.